The Morgan fingerprint density at radius 1 is 0.857 bits per heavy atom. The first-order chi connectivity index (χ1) is 16.8. The summed E-state index contributed by atoms with van der Waals surface area (Å²) in [5, 5.41) is 11.1. The second-order valence-electron chi connectivity index (χ2n) is 6.93. The molecule has 2 aromatic carbocycles. The lowest BCUT2D eigenvalue weighted by Gasteiger charge is -2.18. The van der Waals surface area contributed by atoms with Crippen LogP contribution in [0.2, 0.25) is 10.0 Å². The van der Waals surface area contributed by atoms with E-state index in [0.717, 1.165) is 0 Å². The Hall–Kier alpha value is -3.04. The van der Waals surface area contributed by atoms with Gasteiger partial charge in [0.25, 0.3) is 5.91 Å². The molecule has 0 fully saturated rings. The minimum Gasteiger partial charge on any atom is -0.492 e. The maximum absolute atomic E-state index is 13.1. The number of benzene rings is 2. The van der Waals surface area contributed by atoms with E-state index in [1.54, 1.807) is 38.1 Å². The Morgan fingerprint density at radius 2 is 1.43 bits per heavy atom. The fraction of sp³-hybridized carbons (Fsp3) is 0.417. The molecule has 0 aliphatic carbocycles. The first-order valence-corrected chi connectivity index (χ1v) is 11.9. The molecule has 2 rings (SSSR count). The van der Waals surface area contributed by atoms with E-state index in [0.29, 0.717) is 37.9 Å². The van der Waals surface area contributed by atoms with Crippen LogP contribution in [-0.4, -0.2) is 44.2 Å². The first kappa shape index (κ1) is 28.2. The zero-order valence-electron chi connectivity index (χ0n) is 20.3. The van der Waals surface area contributed by atoms with Gasteiger partial charge in [-0.1, -0.05) is 23.2 Å². The Balaban J connectivity index is 2.40. The molecule has 0 aliphatic heterocycles. The maximum atomic E-state index is 13.1. The molecule has 9 nitrogen and oxygen atoms in total. The van der Waals surface area contributed by atoms with Crippen molar-refractivity contribution in [3.8, 4) is 23.0 Å². The maximum Gasteiger partial charge on any atom is 0.258 e. The number of hydrogen-bond acceptors (Lipinski definition) is 8. The SMILES string of the molecule is CCOc1ccc(N=NC(C(C)=O)C(=O)Nc2c(Cl)ccc(OCC)c2OCC)c(OCC)c1Cl. The summed E-state index contributed by atoms with van der Waals surface area (Å²) in [6, 6.07) is 4.93. The van der Waals surface area contributed by atoms with Crippen LogP contribution in [-0.2, 0) is 9.59 Å². The molecule has 0 heterocycles. The van der Waals surface area contributed by atoms with E-state index in [2.05, 4.69) is 15.5 Å². The molecule has 0 saturated carbocycles. The first-order valence-electron chi connectivity index (χ1n) is 11.2. The standard InChI is InChI=1S/C24H29Cl2N3O6/c1-6-32-17-13-11-16(22(19(17)26)34-8-3)28-29-20(14(5)30)24(31)27-21-15(25)10-12-18(33-7-2)23(21)35-9-4/h10-13,20H,6-9H2,1-5H3,(H,27,31). The number of ether oxygens (including phenoxy) is 4. The Labute approximate surface area is 214 Å². The molecule has 2 aromatic rings. The lowest BCUT2D eigenvalue weighted by molar-refractivity contribution is -0.126. The van der Waals surface area contributed by atoms with Gasteiger partial charge in [0, 0.05) is 0 Å². The average Bonchev–Trinajstić information content (AvgIpc) is 2.82. The van der Waals surface area contributed by atoms with Crippen molar-refractivity contribution in [3.05, 3.63) is 34.3 Å². The van der Waals surface area contributed by atoms with Crippen molar-refractivity contribution in [3.63, 3.8) is 0 Å². The summed E-state index contributed by atoms with van der Waals surface area (Å²) in [7, 11) is 0. The van der Waals surface area contributed by atoms with Crippen LogP contribution in [0.15, 0.2) is 34.5 Å². The highest BCUT2D eigenvalue weighted by molar-refractivity contribution is 6.34. The number of halogens is 2. The Bertz CT molecular complexity index is 1080. The van der Waals surface area contributed by atoms with Gasteiger partial charge in [0.2, 0.25) is 6.04 Å². The topological polar surface area (TPSA) is 108 Å². The van der Waals surface area contributed by atoms with Crippen molar-refractivity contribution in [1.82, 2.24) is 0 Å². The number of nitrogens with one attached hydrogen (secondary N) is 1. The molecule has 0 bridgehead atoms. The van der Waals surface area contributed by atoms with E-state index in [1.165, 1.54) is 6.92 Å². The van der Waals surface area contributed by atoms with Gasteiger partial charge in [0.1, 0.15) is 22.1 Å². The van der Waals surface area contributed by atoms with Crippen LogP contribution in [0, 0.1) is 0 Å². The number of amides is 1. The van der Waals surface area contributed by atoms with Crippen LogP contribution in [0.4, 0.5) is 11.4 Å². The second-order valence-corrected chi connectivity index (χ2v) is 7.71. The summed E-state index contributed by atoms with van der Waals surface area (Å²) < 4.78 is 22.3. The predicted molar refractivity (Wildman–Crippen MR) is 135 cm³/mol. The number of hydrogen-bond donors (Lipinski definition) is 1. The number of carbonyl (C=O) groups excluding carboxylic acids is 2. The summed E-state index contributed by atoms with van der Waals surface area (Å²) in [6.07, 6.45) is 0. The molecule has 1 atom stereocenters. The number of rotatable bonds is 13. The van der Waals surface area contributed by atoms with Gasteiger partial charge in [-0.3, -0.25) is 9.59 Å². The molecular formula is C24H29Cl2N3O6. The van der Waals surface area contributed by atoms with E-state index in [1.807, 2.05) is 13.8 Å². The van der Waals surface area contributed by atoms with Gasteiger partial charge in [-0.05, 0) is 58.9 Å². The minimum absolute atomic E-state index is 0.171. The molecule has 1 unspecified atom stereocenters. The summed E-state index contributed by atoms with van der Waals surface area (Å²) in [5.41, 5.74) is 0.413. The summed E-state index contributed by atoms with van der Waals surface area (Å²) in [4.78, 5) is 25.3. The summed E-state index contributed by atoms with van der Waals surface area (Å²) in [6.45, 7) is 9.85. The predicted octanol–water partition coefficient (Wildman–Crippen LogP) is 6.27. The average molecular weight is 526 g/mol. The lowest BCUT2D eigenvalue weighted by Crippen LogP contribution is -2.32. The van der Waals surface area contributed by atoms with Gasteiger partial charge in [0.15, 0.2) is 23.0 Å². The van der Waals surface area contributed by atoms with Crippen LogP contribution < -0.4 is 24.3 Å². The van der Waals surface area contributed by atoms with Crippen molar-refractivity contribution in [2.45, 2.75) is 40.7 Å². The molecule has 1 amide bonds. The fourth-order valence-electron chi connectivity index (χ4n) is 3.00. The molecule has 0 radical (unpaired) electrons. The number of anilines is 1. The highest BCUT2D eigenvalue weighted by atomic mass is 35.5. The number of ketones is 1. The van der Waals surface area contributed by atoms with Crippen molar-refractivity contribution in [2.75, 3.05) is 31.7 Å². The molecule has 1 N–H and O–H groups in total. The number of Topliss-reactive ketones (excluding diaryl/α,β-unsaturated/α-hetero) is 1. The third-order valence-electron chi connectivity index (χ3n) is 4.45. The molecule has 0 aromatic heterocycles. The van der Waals surface area contributed by atoms with E-state index in [9.17, 15) is 9.59 Å². The summed E-state index contributed by atoms with van der Waals surface area (Å²) in [5.74, 6) is 0.0400. The Kier molecular flexibility index (Phi) is 11.1. The van der Waals surface area contributed by atoms with Gasteiger partial charge in [-0.15, -0.1) is 0 Å². The molecular weight excluding hydrogens is 497 g/mol. The molecule has 0 aliphatic rings. The van der Waals surface area contributed by atoms with E-state index < -0.39 is 17.7 Å². The number of carbonyl (C=O) groups is 2. The van der Waals surface area contributed by atoms with Gasteiger partial charge in [-0.2, -0.15) is 10.2 Å². The molecule has 0 saturated heterocycles. The minimum atomic E-state index is -1.46. The zero-order chi connectivity index (χ0) is 26.0. The molecule has 35 heavy (non-hydrogen) atoms. The van der Waals surface area contributed by atoms with Gasteiger partial charge >= 0.3 is 0 Å². The largest absolute Gasteiger partial charge is 0.492 e. The summed E-state index contributed by atoms with van der Waals surface area (Å²) >= 11 is 12.7. The molecule has 11 heteroatoms. The molecule has 190 valence electrons. The smallest absolute Gasteiger partial charge is 0.258 e. The van der Waals surface area contributed by atoms with Gasteiger partial charge < -0.3 is 24.3 Å². The van der Waals surface area contributed by atoms with Crippen molar-refractivity contribution in [2.24, 2.45) is 10.2 Å². The van der Waals surface area contributed by atoms with Gasteiger partial charge in [0.05, 0.1) is 31.5 Å². The third kappa shape index (κ3) is 7.22. The van der Waals surface area contributed by atoms with Crippen molar-refractivity contribution in [1.29, 1.82) is 0 Å². The highest BCUT2D eigenvalue weighted by Crippen LogP contribution is 2.43. The van der Waals surface area contributed by atoms with Crippen LogP contribution in [0.5, 0.6) is 23.0 Å². The Morgan fingerprint density at radius 3 is 2.03 bits per heavy atom. The lowest BCUT2D eigenvalue weighted by atomic mass is 10.2. The van der Waals surface area contributed by atoms with Crippen LogP contribution >= 0.6 is 23.2 Å². The monoisotopic (exact) mass is 525 g/mol. The van der Waals surface area contributed by atoms with E-state index in [4.69, 9.17) is 42.1 Å². The van der Waals surface area contributed by atoms with Crippen LogP contribution in [0.25, 0.3) is 0 Å². The quantitative estimate of drug-likeness (QED) is 0.244. The van der Waals surface area contributed by atoms with Crippen molar-refractivity contribution < 1.29 is 28.5 Å². The second kappa shape index (κ2) is 13.7. The normalized spacial score (nSPS) is 11.7. The van der Waals surface area contributed by atoms with Crippen LogP contribution in [0.1, 0.15) is 34.6 Å². The van der Waals surface area contributed by atoms with E-state index in [-0.39, 0.29) is 32.9 Å². The number of nitrogens with zero attached hydrogens (tertiary/aromatic N) is 2. The fourth-order valence-corrected chi connectivity index (χ4v) is 3.46. The van der Waals surface area contributed by atoms with Crippen LogP contribution in [0.3, 0.4) is 0 Å². The highest BCUT2D eigenvalue weighted by Gasteiger charge is 2.27. The van der Waals surface area contributed by atoms with Crippen molar-refractivity contribution >= 4 is 46.3 Å². The third-order valence-corrected chi connectivity index (χ3v) is 5.12. The molecule has 0 spiro atoms. The number of azo groups is 1. The van der Waals surface area contributed by atoms with Gasteiger partial charge in [-0.25, -0.2) is 0 Å². The zero-order valence-corrected chi connectivity index (χ0v) is 21.8. The van der Waals surface area contributed by atoms with E-state index >= 15 is 0 Å².